The summed E-state index contributed by atoms with van der Waals surface area (Å²) < 4.78 is 62.8. The molecule has 9 nitrogen and oxygen atoms in total. The lowest BCUT2D eigenvalue weighted by molar-refractivity contribution is -0.275. The summed E-state index contributed by atoms with van der Waals surface area (Å²) in [7, 11) is 1.43. The Bertz CT molecular complexity index is 1290. The molecule has 0 bridgehead atoms. The SMILES string of the molecule is CN1C(=O)N(CCCO)C(O)c2c1nc(Oc1ccc(F)c(OC(F)(F)F)c1)n2Cc1ccc(Cl)cc1. The van der Waals surface area contributed by atoms with E-state index in [0.717, 1.165) is 17.0 Å². The van der Waals surface area contributed by atoms with E-state index in [1.165, 1.54) is 16.5 Å². The molecule has 37 heavy (non-hydrogen) atoms. The van der Waals surface area contributed by atoms with Crippen molar-refractivity contribution < 1.29 is 42.0 Å². The Labute approximate surface area is 213 Å². The van der Waals surface area contributed by atoms with Gasteiger partial charge in [0.1, 0.15) is 11.4 Å². The van der Waals surface area contributed by atoms with Crippen molar-refractivity contribution in [1.29, 1.82) is 0 Å². The number of carbonyl (C=O) groups excluding carboxylic acids is 1. The molecular formula is C23H21ClF4N4O5. The van der Waals surface area contributed by atoms with Gasteiger partial charge in [-0.1, -0.05) is 23.7 Å². The number of aromatic nitrogens is 2. The highest BCUT2D eigenvalue weighted by Gasteiger charge is 2.40. The van der Waals surface area contributed by atoms with Crippen LogP contribution in [0.3, 0.4) is 0 Å². The van der Waals surface area contributed by atoms with Crippen LogP contribution in [0.25, 0.3) is 0 Å². The Morgan fingerprint density at radius 2 is 1.86 bits per heavy atom. The lowest BCUT2D eigenvalue weighted by Crippen LogP contribution is -2.49. The Hall–Kier alpha value is -3.55. The number of alkyl halides is 3. The highest BCUT2D eigenvalue weighted by atomic mass is 35.5. The molecule has 0 spiro atoms. The molecule has 2 amide bonds. The van der Waals surface area contributed by atoms with E-state index < -0.39 is 30.2 Å². The van der Waals surface area contributed by atoms with Crippen LogP contribution in [0.1, 0.15) is 23.9 Å². The van der Waals surface area contributed by atoms with Crippen molar-refractivity contribution >= 4 is 23.4 Å². The number of halogens is 5. The first-order valence-electron chi connectivity index (χ1n) is 10.9. The summed E-state index contributed by atoms with van der Waals surface area (Å²) in [5.74, 6) is -2.54. The van der Waals surface area contributed by atoms with Crippen LogP contribution in [0, 0.1) is 5.82 Å². The van der Waals surface area contributed by atoms with E-state index in [2.05, 4.69) is 9.72 Å². The zero-order valence-electron chi connectivity index (χ0n) is 19.2. The molecule has 2 aromatic carbocycles. The van der Waals surface area contributed by atoms with Gasteiger partial charge in [-0.05, 0) is 36.2 Å². The number of fused-ring (bicyclic) bond motifs is 1. The van der Waals surface area contributed by atoms with Crippen LogP contribution in [-0.4, -0.2) is 57.3 Å². The first kappa shape index (κ1) is 26.5. The maximum absolute atomic E-state index is 13.9. The van der Waals surface area contributed by atoms with Gasteiger partial charge < -0.3 is 19.7 Å². The molecule has 1 atom stereocenters. The molecule has 1 aromatic heterocycles. The number of urea groups is 1. The lowest BCUT2D eigenvalue weighted by Gasteiger charge is -2.36. The number of rotatable bonds is 8. The molecule has 0 saturated carbocycles. The Balaban J connectivity index is 1.78. The maximum Gasteiger partial charge on any atom is 0.573 e. The largest absolute Gasteiger partial charge is 0.573 e. The molecule has 1 aliphatic heterocycles. The van der Waals surface area contributed by atoms with Crippen molar-refractivity contribution in [3.8, 4) is 17.5 Å². The Kier molecular flexibility index (Phi) is 7.48. The Morgan fingerprint density at radius 3 is 2.51 bits per heavy atom. The van der Waals surface area contributed by atoms with Crippen molar-refractivity contribution in [2.24, 2.45) is 0 Å². The van der Waals surface area contributed by atoms with Crippen LogP contribution in [0.2, 0.25) is 5.02 Å². The van der Waals surface area contributed by atoms with Gasteiger partial charge in [0, 0.05) is 31.3 Å². The second-order valence-corrected chi connectivity index (χ2v) is 8.48. The van der Waals surface area contributed by atoms with Crippen molar-refractivity contribution in [2.75, 3.05) is 25.1 Å². The number of nitrogens with zero attached hydrogens (tertiary/aromatic N) is 4. The van der Waals surface area contributed by atoms with Crippen LogP contribution in [0.5, 0.6) is 17.5 Å². The van der Waals surface area contributed by atoms with Crippen molar-refractivity contribution in [3.63, 3.8) is 0 Å². The number of hydrogen-bond donors (Lipinski definition) is 2. The van der Waals surface area contributed by atoms with Crippen LogP contribution in [-0.2, 0) is 6.54 Å². The van der Waals surface area contributed by atoms with E-state index in [9.17, 15) is 32.6 Å². The van der Waals surface area contributed by atoms with Crippen molar-refractivity contribution in [3.05, 3.63) is 64.6 Å². The second kappa shape index (κ2) is 10.4. The van der Waals surface area contributed by atoms with E-state index in [1.807, 2.05) is 0 Å². The third-order valence-corrected chi connectivity index (χ3v) is 5.74. The summed E-state index contributed by atoms with van der Waals surface area (Å²) >= 11 is 5.97. The van der Waals surface area contributed by atoms with Gasteiger partial charge in [0.05, 0.1) is 6.54 Å². The first-order chi connectivity index (χ1) is 17.5. The number of hydrogen-bond acceptors (Lipinski definition) is 6. The minimum Gasteiger partial charge on any atom is -0.425 e. The summed E-state index contributed by atoms with van der Waals surface area (Å²) in [5.41, 5.74) is 0.863. The van der Waals surface area contributed by atoms with Gasteiger partial charge in [-0.2, -0.15) is 4.98 Å². The molecule has 1 aliphatic rings. The van der Waals surface area contributed by atoms with E-state index in [0.29, 0.717) is 16.7 Å². The number of aliphatic hydroxyl groups is 2. The molecule has 2 heterocycles. The van der Waals surface area contributed by atoms with Gasteiger partial charge in [0.15, 0.2) is 23.6 Å². The minimum atomic E-state index is -5.13. The predicted octanol–water partition coefficient (Wildman–Crippen LogP) is 4.66. The number of anilines is 1. The first-order valence-corrected chi connectivity index (χ1v) is 11.3. The topological polar surface area (TPSA) is 100 Å². The summed E-state index contributed by atoms with van der Waals surface area (Å²) in [6, 6.07) is 8.45. The fourth-order valence-electron chi connectivity index (χ4n) is 3.79. The molecule has 0 aliphatic carbocycles. The maximum atomic E-state index is 13.9. The number of benzene rings is 2. The minimum absolute atomic E-state index is 0.0404. The van der Waals surface area contributed by atoms with E-state index in [-0.39, 0.29) is 49.4 Å². The standard InChI is InChI=1S/C23H21ClF4N4O5/c1-30-19-18(20(34)31(22(30)35)9-2-10-33)32(12-13-3-5-14(24)6-4-13)21(29-19)36-15-7-8-16(25)17(11-15)37-23(26,27)28/h3-8,11,20,33-34H,2,9-10,12H2,1H3. The average molecular weight is 545 g/mol. The fourth-order valence-corrected chi connectivity index (χ4v) is 3.91. The molecule has 4 rings (SSSR count). The van der Waals surface area contributed by atoms with Crippen molar-refractivity contribution in [1.82, 2.24) is 14.5 Å². The summed E-state index contributed by atoms with van der Waals surface area (Å²) in [4.78, 5) is 19.5. The number of ether oxygens (including phenoxy) is 2. The van der Waals surface area contributed by atoms with Gasteiger partial charge in [-0.3, -0.25) is 14.4 Å². The second-order valence-electron chi connectivity index (χ2n) is 8.04. The van der Waals surface area contributed by atoms with Gasteiger partial charge in [0.2, 0.25) is 0 Å². The molecular weight excluding hydrogens is 524 g/mol. The van der Waals surface area contributed by atoms with Gasteiger partial charge in [0.25, 0.3) is 0 Å². The molecule has 14 heteroatoms. The van der Waals surface area contributed by atoms with E-state index in [4.69, 9.17) is 16.3 Å². The third-order valence-electron chi connectivity index (χ3n) is 5.49. The zero-order chi connectivity index (χ0) is 26.9. The number of amides is 2. The third kappa shape index (κ3) is 5.73. The predicted molar refractivity (Wildman–Crippen MR) is 123 cm³/mol. The quantitative estimate of drug-likeness (QED) is 0.400. The lowest BCUT2D eigenvalue weighted by atomic mass is 10.2. The number of carbonyl (C=O) groups is 1. The fraction of sp³-hybridized carbons (Fsp3) is 0.304. The molecule has 0 saturated heterocycles. The number of aliphatic hydroxyl groups excluding tert-OH is 2. The van der Waals surface area contributed by atoms with Gasteiger partial charge in [-0.15, -0.1) is 13.2 Å². The summed E-state index contributed by atoms with van der Waals surface area (Å²) in [6.45, 7) is -0.105. The normalized spacial score (nSPS) is 15.7. The molecule has 0 fully saturated rings. The highest BCUT2D eigenvalue weighted by Crippen LogP contribution is 2.39. The molecule has 2 N–H and O–H groups in total. The van der Waals surface area contributed by atoms with E-state index in [1.54, 1.807) is 24.3 Å². The van der Waals surface area contributed by atoms with Crippen LogP contribution in [0.15, 0.2) is 42.5 Å². The Morgan fingerprint density at radius 1 is 1.16 bits per heavy atom. The molecule has 3 aromatic rings. The van der Waals surface area contributed by atoms with Crippen molar-refractivity contribution in [2.45, 2.75) is 25.6 Å². The molecule has 1 unspecified atom stereocenters. The van der Waals surface area contributed by atoms with Crippen LogP contribution in [0.4, 0.5) is 28.2 Å². The zero-order valence-corrected chi connectivity index (χ0v) is 20.0. The molecule has 0 radical (unpaired) electrons. The van der Waals surface area contributed by atoms with Crippen LogP contribution < -0.4 is 14.4 Å². The monoisotopic (exact) mass is 544 g/mol. The summed E-state index contributed by atoms with van der Waals surface area (Å²) in [5, 5.41) is 20.8. The van der Waals surface area contributed by atoms with Gasteiger partial charge in [-0.25, -0.2) is 9.18 Å². The average Bonchev–Trinajstić information content (AvgIpc) is 3.18. The molecule has 198 valence electrons. The highest BCUT2D eigenvalue weighted by molar-refractivity contribution is 6.30. The van der Waals surface area contributed by atoms with E-state index >= 15 is 0 Å². The summed E-state index contributed by atoms with van der Waals surface area (Å²) in [6.07, 6.45) is -6.39. The number of imidazole rings is 1. The smallest absolute Gasteiger partial charge is 0.425 e. The van der Waals surface area contributed by atoms with Gasteiger partial charge >= 0.3 is 18.4 Å². The van der Waals surface area contributed by atoms with Crippen LogP contribution >= 0.6 is 11.6 Å².